The van der Waals surface area contributed by atoms with Gasteiger partial charge in [0.25, 0.3) is 0 Å². The fourth-order valence-electron chi connectivity index (χ4n) is 5.91. The maximum atomic E-state index is 14.1. The third kappa shape index (κ3) is 24.1. The molecule has 3 atom stereocenters. The van der Waals surface area contributed by atoms with Crippen LogP contribution in [0.1, 0.15) is 166 Å². The van der Waals surface area contributed by atoms with Gasteiger partial charge in [-0.1, -0.05) is 69.4 Å². The van der Waals surface area contributed by atoms with E-state index < -0.39 is 58.4 Å². The molecule has 0 saturated carbocycles. The average Bonchev–Trinajstić information content (AvgIpc) is 3.04. The number of unbranched alkanes of at least 4 members (excludes halogenated alkanes) is 5. The molecule has 0 fully saturated rings. The summed E-state index contributed by atoms with van der Waals surface area (Å²) in [7, 11) is 0. The highest BCUT2D eigenvalue weighted by Crippen LogP contribution is 2.27. The molecule has 13 heteroatoms. The average molecular weight is 807 g/mol. The van der Waals surface area contributed by atoms with Gasteiger partial charge in [0.15, 0.2) is 5.66 Å². The number of amides is 3. The molecule has 0 spiro atoms. The van der Waals surface area contributed by atoms with Crippen molar-refractivity contribution in [2.75, 3.05) is 13.2 Å². The Morgan fingerprint density at radius 2 is 1.11 bits per heavy atom. The van der Waals surface area contributed by atoms with Gasteiger partial charge in [0.1, 0.15) is 22.4 Å². The topological polar surface area (TPSA) is 168 Å². The van der Waals surface area contributed by atoms with E-state index in [1.165, 1.54) is 10.5 Å². The number of hydrogen-bond donors (Lipinski definition) is 3. The Labute approximate surface area is 344 Å². The number of carbonyl (C=O) groups excluding carboxylic acids is 4. The summed E-state index contributed by atoms with van der Waals surface area (Å²) in [6, 6.07) is 9.23. The Kier molecular flexibility index (Phi) is 21.4. The molecule has 0 aliphatic rings. The first-order chi connectivity index (χ1) is 26.2. The summed E-state index contributed by atoms with van der Waals surface area (Å²) >= 11 is 0. The van der Waals surface area contributed by atoms with Crippen molar-refractivity contribution in [2.45, 2.75) is 207 Å². The zero-order valence-electron chi connectivity index (χ0n) is 37.6. The van der Waals surface area contributed by atoms with E-state index in [1.54, 1.807) is 62.3 Å². The monoisotopic (exact) mass is 807 g/mol. The zero-order valence-corrected chi connectivity index (χ0v) is 37.6. The van der Waals surface area contributed by atoms with Crippen LogP contribution in [-0.2, 0) is 35.1 Å². The maximum absolute atomic E-state index is 14.1. The van der Waals surface area contributed by atoms with Gasteiger partial charge in [-0.05, 0) is 121 Å². The van der Waals surface area contributed by atoms with Crippen molar-refractivity contribution in [3.63, 3.8) is 0 Å². The second kappa shape index (κ2) is 23.7. The van der Waals surface area contributed by atoms with E-state index in [0.717, 1.165) is 45.1 Å². The smallest absolute Gasteiger partial charge is 0.412 e. The maximum Gasteiger partial charge on any atom is 0.412 e. The molecule has 1 rings (SSSR count). The van der Waals surface area contributed by atoms with Gasteiger partial charge in [0, 0.05) is 31.7 Å². The molecule has 1 aromatic rings. The predicted octanol–water partition coefficient (Wildman–Crippen LogP) is 9.53. The number of carbonyl (C=O) groups is 4. The van der Waals surface area contributed by atoms with Crippen LogP contribution in [0, 0.1) is 0 Å². The third-order valence-corrected chi connectivity index (χ3v) is 8.48. The van der Waals surface area contributed by atoms with E-state index >= 15 is 0 Å². The second-order valence-electron chi connectivity index (χ2n) is 18.9. The molecular formula is C44H78N4O9. The molecule has 0 saturated heterocycles. The van der Waals surface area contributed by atoms with Gasteiger partial charge in [-0.3, -0.25) is 10.6 Å². The molecule has 3 amide bonds. The molecule has 328 valence electrons. The van der Waals surface area contributed by atoms with Gasteiger partial charge in [0.2, 0.25) is 0 Å². The minimum absolute atomic E-state index is 0.00632. The Morgan fingerprint density at radius 3 is 1.61 bits per heavy atom. The molecule has 0 heterocycles. The number of rotatable bonds is 22. The van der Waals surface area contributed by atoms with Crippen LogP contribution in [0.5, 0.6) is 0 Å². The summed E-state index contributed by atoms with van der Waals surface area (Å²) in [5.74, 6) is -0.837. The van der Waals surface area contributed by atoms with Crippen LogP contribution in [0.3, 0.4) is 0 Å². The standard InChI is InChI=1S/C44H78N4O9/c1-14-34(46-37(50)55-41(5,6)7)31-44(45,36(49)54-40(2,3)4)48(39(52)57-43(11,12)13)29-24-28-35(47-38(51)56-42(8,9)10)27-22-17-15-16-18-23-30-53-32-33-25-20-19-21-26-33/h19-21,25-26,34-35H,14-18,22-24,27-32,45H2,1-13H3,(H,46,50)(H,47,51). The van der Waals surface area contributed by atoms with Gasteiger partial charge in [-0.15, -0.1) is 0 Å². The van der Waals surface area contributed by atoms with Gasteiger partial charge in [0.05, 0.1) is 6.61 Å². The molecule has 4 N–H and O–H groups in total. The molecule has 1 aromatic carbocycles. The van der Waals surface area contributed by atoms with Crippen LogP contribution < -0.4 is 16.4 Å². The number of ether oxygens (including phenoxy) is 5. The number of nitrogens with two attached hydrogens (primary N) is 1. The summed E-state index contributed by atoms with van der Waals surface area (Å²) in [4.78, 5) is 55.0. The van der Waals surface area contributed by atoms with Gasteiger partial charge in [-0.2, -0.15) is 0 Å². The lowest BCUT2D eigenvalue weighted by molar-refractivity contribution is -0.170. The van der Waals surface area contributed by atoms with E-state index in [0.29, 0.717) is 32.3 Å². The Hall–Kier alpha value is -3.58. The lowest BCUT2D eigenvalue weighted by Crippen LogP contribution is -2.67. The molecule has 0 bridgehead atoms. The van der Waals surface area contributed by atoms with Crippen molar-refractivity contribution in [1.29, 1.82) is 0 Å². The van der Waals surface area contributed by atoms with E-state index in [2.05, 4.69) is 22.8 Å². The minimum atomic E-state index is -2.04. The molecule has 0 radical (unpaired) electrons. The van der Waals surface area contributed by atoms with Crippen LogP contribution >= 0.6 is 0 Å². The van der Waals surface area contributed by atoms with E-state index in [-0.39, 0.29) is 19.0 Å². The van der Waals surface area contributed by atoms with Gasteiger partial charge in [-0.25, -0.2) is 19.2 Å². The van der Waals surface area contributed by atoms with Gasteiger partial charge < -0.3 is 34.3 Å². The number of esters is 1. The van der Waals surface area contributed by atoms with Crippen molar-refractivity contribution in [2.24, 2.45) is 5.73 Å². The van der Waals surface area contributed by atoms with E-state index in [9.17, 15) is 19.2 Å². The molecular weight excluding hydrogens is 729 g/mol. The van der Waals surface area contributed by atoms with E-state index in [4.69, 9.17) is 29.4 Å². The Balaban J connectivity index is 3.13. The molecule has 0 aromatic heterocycles. The second-order valence-corrected chi connectivity index (χ2v) is 18.9. The Morgan fingerprint density at radius 1 is 0.632 bits per heavy atom. The van der Waals surface area contributed by atoms with Crippen molar-refractivity contribution >= 4 is 24.2 Å². The highest BCUT2D eigenvalue weighted by Gasteiger charge is 2.49. The van der Waals surface area contributed by atoms with E-state index in [1.807, 2.05) is 45.9 Å². The molecule has 0 aliphatic heterocycles. The SMILES string of the molecule is CCC(CC(N)(C(=O)OC(C)(C)C)N(CCCC(CCCCCCCCOCc1ccccc1)NC(=O)OC(C)(C)C)C(=O)OC(C)(C)C)NC(=O)OC(C)(C)C. The van der Waals surface area contributed by atoms with Crippen LogP contribution in [0.4, 0.5) is 14.4 Å². The largest absolute Gasteiger partial charge is 0.457 e. The molecule has 0 aliphatic carbocycles. The summed E-state index contributed by atoms with van der Waals surface area (Å²) < 4.78 is 28.5. The normalized spacial score (nSPS) is 14.4. The number of hydrogen-bond acceptors (Lipinski definition) is 10. The minimum Gasteiger partial charge on any atom is -0.457 e. The van der Waals surface area contributed by atoms with Crippen LogP contribution in [0.2, 0.25) is 0 Å². The van der Waals surface area contributed by atoms with Gasteiger partial charge >= 0.3 is 24.2 Å². The highest BCUT2D eigenvalue weighted by molar-refractivity contribution is 5.85. The lowest BCUT2D eigenvalue weighted by Gasteiger charge is -2.42. The summed E-state index contributed by atoms with van der Waals surface area (Å²) in [5, 5.41) is 5.84. The van der Waals surface area contributed by atoms with Crippen LogP contribution in [0.15, 0.2) is 30.3 Å². The summed E-state index contributed by atoms with van der Waals surface area (Å²) in [6.07, 6.45) is 5.86. The number of nitrogens with zero attached hydrogens (tertiary/aromatic N) is 1. The van der Waals surface area contributed by atoms with Crippen LogP contribution in [-0.4, -0.2) is 82.5 Å². The first-order valence-electron chi connectivity index (χ1n) is 20.9. The lowest BCUT2D eigenvalue weighted by atomic mass is 9.96. The molecule has 13 nitrogen and oxygen atoms in total. The fourth-order valence-corrected chi connectivity index (χ4v) is 5.91. The predicted molar refractivity (Wildman–Crippen MR) is 225 cm³/mol. The quantitative estimate of drug-likeness (QED) is 0.0444. The molecule has 3 unspecified atom stereocenters. The zero-order chi connectivity index (χ0) is 43.5. The van der Waals surface area contributed by atoms with Crippen molar-refractivity contribution in [3.05, 3.63) is 35.9 Å². The van der Waals surface area contributed by atoms with Crippen molar-refractivity contribution in [1.82, 2.24) is 15.5 Å². The first-order valence-corrected chi connectivity index (χ1v) is 20.9. The first kappa shape index (κ1) is 51.4. The number of nitrogens with one attached hydrogen (secondary N) is 2. The number of alkyl carbamates (subject to hydrolysis) is 2. The summed E-state index contributed by atoms with van der Waals surface area (Å²) in [5.41, 5.74) is 2.89. The summed E-state index contributed by atoms with van der Waals surface area (Å²) in [6.45, 7) is 24.2. The highest BCUT2D eigenvalue weighted by atomic mass is 16.6. The van der Waals surface area contributed by atoms with Crippen LogP contribution in [0.25, 0.3) is 0 Å². The van der Waals surface area contributed by atoms with Crippen molar-refractivity contribution < 1.29 is 42.9 Å². The fraction of sp³-hybridized carbons (Fsp3) is 0.773. The molecule has 57 heavy (non-hydrogen) atoms. The van der Waals surface area contributed by atoms with Crippen molar-refractivity contribution in [3.8, 4) is 0 Å². The Bertz CT molecular complexity index is 1350. The third-order valence-electron chi connectivity index (χ3n) is 8.48. The number of benzene rings is 1.